The molecule has 0 aliphatic rings. The molecule has 1 aromatic carbocycles. The van der Waals surface area contributed by atoms with E-state index in [1.165, 1.54) is 5.56 Å². The third-order valence-electron chi connectivity index (χ3n) is 3.43. The van der Waals surface area contributed by atoms with Crippen LogP contribution in [0.2, 0.25) is 5.02 Å². The van der Waals surface area contributed by atoms with Crippen molar-refractivity contribution in [2.45, 2.75) is 19.8 Å². The Hall–Kier alpha value is -1.39. The number of halogens is 1. The van der Waals surface area contributed by atoms with Crippen LogP contribution in [0.15, 0.2) is 30.6 Å². The zero-order valence-electron chi connectivity index (χ0n) is 12.0. The van der Waals surface area contributed by atoms with E-state index in [4.69, 9.17) is 11.6 Å². The molecule has 2 aromatic rings. The van der Waals surface area contributed by atoms with Gasteiger partial charge >= 0.3 is 0 Å². The fraction of sp³-hybridized carbons (Fsp3) is 0.467. The van der Waals surface area contributed by atoms with Crippen LogP contribution >= 0.6 is 11.6 Å². The lowest BCUT2D eigenvalue weighted by atomic mass is 9.95. The Morgan fingerprint density at radius 2 is 2.10 bits per heavy atom. The summed E-state index contributed by atoms with van der Waals surface area (Å²) in [5.74, 6) is 1.47. The first-order valence-electron chi connectivity index (χ1n) is 6.97. The van der Waals surface area contributed by atoms with E-state index in [-0.39, 0.29) is 0 Å². The third-order valence-corrected chi connectivity index (χ3v) is 3.79. The molecular formula is C15H21ClN4. The van der Waals surface area contributed by atoms with Crippen molar-refractivity contribution in [1.29, 1.82) is 0 Å². The van der Waals surface area contributed by atoms with Gasteiger partial charge in [-0.15, -0.1) is 0 Å². The summed E-state index contributed by atoms with van der Waals surface area (Å²) >= 11 is 6.26. The fourth-order valence-electron chi connectivity index (χ4n) is 2.30. The van der Waals surface area contributed by atoms with Crippen LogP contribution in [-0.4, -0.2) is 27.9 Å². The minimum absolute atomic E-state index is 0.456. The standard InChI is InChI=1S/C15H21ClN4/c1-3-17-10-12(9-15-18-11-19-20(15)2)8-13-6-4-5-7-14(13)16/h4-7,11-12,17H,3,8-10H2,1-2H3. The second kappa shape index (κ2) is 7.41. The number of hydrogen-bond donors (Lipinski definition) is 1. The summed E-state index contributed by atoms with van der Waals surface area (Å²) in [5.41, 5.74) is 1.19. The van der Waals surface area contributed by atoms with Gasteiger partial charge in [0.1, 0.15) is 12.2 Å². The largest absolute Gasteiger partial charge is 0.317 e. The second-order valence-electron chi connectivity index (χ2n) is 4.97. The van der Waals surface area contributed by atoms with E-state index >= 15 is 0 Å². The topological polar surface area (TPSA) is 42.7 Å². The number of aryl methyl sites for hydroxylation is 1. The Labute approximate surface area is 125 Å². The summed E-state index contributed by atoms with van der Waals surface area (Å²) in [6, 6.07) is 8.04. The molecule has 0 fully saturated rings. The molecule has 1 aromatic heterocycles. The zero-order valence-corrected chi connectivity index (χ0v) is 12.8. The average molecular weight is 293 g/mol. The second-order valence-corrected chi connectivity index (χ2v) is 5.38. The molecule has 0 amide bonds. The Kier molecular flexibility index (Phi) is 5.56. The van der Waals surface area contributed by atoms with E-state index in [1.54, 1.807) is 6.33 Å². The van der Waals surface area contributed by atoms with Crippen LogP contribution in [0, 0.1) is 5.92 Å². The highest BCUT2D eigenvalue weighted by molar-refractivity contribution is 6.31. The van der Waals surface area contributed by atoms with Gasteiger partial charge in [-0.3, -0.25) is 4.68 Å². The van der Waals surface area contributed by atoms with Crippen LogP contribution in [-0.2, 0) is 19.9 Å². The molecule has 0 saturated heterocycles. The number of rotatable bonds is 7. The Morgan fingerprint density at radius 3 is 2.75 bits per heavy atom. The first-order chi connectivity index (χ1) is 9.70. The molecule has 1 heterocycles. The molecule has 0 bridgehead atoms. The lowest BCUT2D eigenvalue weighted by molar-refractivity contribution is 0.459. The highest BCUT2D eigenvalue weighted by Crippen LogP contribution is 2.20. The average Bonchev–Trinajstić information content (AvgIpc) is 2.84. The van der Waals surface area contributed by atoms with Crippen LogP contribution in [0.4, 0.5) is 0 Å². The van der Waals surface area contributed by atoms with Gasteiger partial charge in [-0.2, -0.15) is 5.10 Å². The van der Waals surface area contributed by atoms with Crippen molar-refractivity contribution in [1.82, 2.24) is 20.1 Å². The maximum atomic E-state index is 6.26. The van der Waals surface area contributed by atoms with Gasteiger partial charge in [-0.05, 0) is 37.1 Å². The Bertz CT molecular complexity index is 538. The monoisotopic (exact) mass is 292 g/mol. The first kappa shape index (κ1) is 15.0. The predicted octanol–water partition coefficient (Wildman–Crippen LogP) is 2.48. The van der Waals surface area contributed by atoms with Crippen molar-refractivity contribution >= 4 is 11.6 Å². The number of benzene rings is 1. The number of aromatic nitrogens is 3. The van der Waals surface area contributed by atoms with Crippen molar-refractivity contribution in [3.63, 3.8) is 0 Å². The van der Waals surface area contributed by atoms with Crippen molar-refractivity contribution in [2.24, 2.45) is 13.0 Å². The number of nitrogens with one attached hydrogen (secondary N) is 1. The Balaban J connectivity index is 2.07. The molecule has 2 rings (SSSR count). The van der Waals surface area contributed by atoms with E-state index in [0.29, 0.717) is 5.92 Å². The minimum Gasteiger partial charge on any atom is -0.317 e. The summed E-state index contributed by atoms with van der Waals surface area (Å²) in [5, 5.41) is 8.39. The summed E-state index contributed by atoms with van der Waals surface area (Å²) < 4.78 is 1.84. The van der Waals surface area contributed by atoms with Crippen molar-refractivity contribution in [3.8, 4) is 0 Å². The summed E-state index contributed by atoms with van der Waals surface area (Å²) in [6.07, 6.45) is 3.45. The first-order valence-corrected chi connectivity index (χ1v) is 7.35. The molecule has 108 valence electrons. The maximum absolute atomic E-state index is 6.26. The van der Waals surface area contributed by atoms with Crippen LogP contribution < -0.4 is 5.32 Å². The molecule has 0 radical (unpaired) electrons. The number of nitrogens with zero attached hydrogens (tertiary/aromatic N) is 3. The van der Waals surface area contributed by atoms with E-state index in [1.807, 2.05) is 29.9 Å². The zero-order chi connectivity index (χ0) is 14.4. The van der Waals surface area contributed by atoms with E-state index in [9.17, 15) is 0 Å². The highest BCUT2D eigenvalue weighted by Gasteiger charge is 2.14. The van der Waals surface area contributed by atoms with E-state index < -0.39 is 0 Å². The van der Waals surface area contributed by atoms with Gasteiger partial charge in [0.05, 0.1) is 0 Å². The number of hydrogen-bond acceptors (Lipinski definition) is 3. The van der Waals surface area contributed by atoms with E-state index in [2.05, 4.69) is 28.4 Å². The van der Waals surface area contributed by atoms with Crippen LogP contribution in [0.25, 0.3) is 0 Å². The molecule has 0 aliphatic carbocycles. The van der Waals surface area contributed by atoms with Crippen LogP contribution in [0.5, 0.6) is 0 Å². The molecule has 0 saturated carbocycles. The van der Waals surface area contributed by atoms with Gasteiger partial charge in [-0.1, -0.05) is 36.7 Å². The molecule has 0 spiro atoms. The third kappa shape index (κ3) is 4.05. The highest BCUT2D eigenvalue weighted by atomic mass is 35.5. The lowest BCUT2D eigenvalue weighted by Gasteiger charge is -2.17. The predicted molar refractivity (Wildman–Crippen MR) is 81.9 cm³/mol. The molecule has 20 heavy (non-hydrogen) atoms. The molecule has 1 N–H and O–H groups in total. The summed E-state index contributed by atoms with van der Waals surface area (Å²) in [4.78, 5) is 4.32. The lowest BCUT2D eigenvalue weighted by Crippen LogP contribution is -2.26. The van der Waals surface area contributed by atoms with Gasteiger partial charge in [0.25, 0.3) is 0 Å². The molecular weight excluding hydrogens is 272 g/mol. The smallest absolute Gasteiger partial charge is 0.138 e. The molecule has 5 heteroatoms. The Morgan fingerprint density at radius 1 is 1.30 bits per heavy atom. The van der Waals surface area contributed by atoms with Gasteiger partial charge in [0, 0.05) is 18.5 Å². The van der Waals surface area contributed by atoms with Crippen molar-refractivity contribution in [2.75, 3.05) is 13.1 Å². The van der Waals surface area contributed by atoms with Gasteiger partial charge in [-0.25, -0.2) is 4.98 Å². The van der Waals surface area contributed by atoms with Gasteiger partial charge in [0.2, 0.25) is 0 Å². The molecule has 4 nitrogen and oxygen atoms in total. The summed E-state index contributed by atoms with van der Waals surface area (Å²) in [6.45, 7) is 4.04. The SMILES string of the molecule is CCNCC(Cc1ccccc1Cl)Cc1ncnn1C. The molecule has 1 atom stereocenters. The van der Waals surface area contributed by atoms with E-state index in [0.717, 1.165) is 36.8 Å². The maximum Gasteiger partial charge on any atom is 0.138 e. The fourth-order valence-corrected chi connectivity index (χ4v) is 2.52. The van der Waals surface area contributed by atoms with Gasteiger partial charge < -0.3 is 5.32 Å². The quantitative estimate of drug-likeness (QED) is 0.852. The normalized spacial score (nSPS) is 12.6. The molecule has 1 unspecified atom stereocenters. The summed E-state index contributed by atoms with van der Waals surface area (Å²) in [7, 11) is 1.93. The van der Waals surface area contributed by atoms with Crippen LogP contribution in [0.1, 0.15) is 18.3 Å². The van der Waals surface area contributed by atoms with Crippen LogP contribution in [0.3, 0.4) is 0 Å². The van der Waals surface area contributed by atoms with Gasteiger partial charge in [0.15, 0.2) is 0 Å². The minimum atomic E-state index is 0.456. The molecule has 0 aliphatic heterocycles. The van der Waals surface area contributed by atoms with Crippen molar-refractivity contribution in [3.05, 3.63) is 47.0 Å². The van der Waals surface area contributed by atoms with Crippen molar-refractivity contribution < 1.29 is 0 Å².